The molecule has 0 aliphatic heterocycles. The van der Waals surface area contributed by atoms with Crippen LogP contribution in [-0.2, 0) is 16.1 Å². The molecule has 1 aromatic heterocycles. The number of ketones is 2. The molecule has 0 radical (unpaired) electrons. The molecule has 180 valence electrons. The molecule has 1 heterocycles. The van der Waals surface area contributed by atoms with Crippen molar-refractivity contribution in [1.82, 2.24) is 9.78 Å². The summed E-state index contributed by atoms with van der Waals surface area (Å²) in [5, 5.41) is 7.08. The zero-order valence-electron chi connectivity index (χ0n) is 19.7. The Hall–Kier alpha value is -3.78. The minimum Gasteiger partial charge on any atom is -0.449 e. The van der Waals surface area contributed by atoms with Gasteiger partial charge in [-0.25, -0.2) is 4.79 Å². The number of nitrogens with zero attached hydrogens (tertiary/aromatic N) is 2. The lowest BCUT2D eigenvalue weighted by Gasteiger charge is -2.19. The summed E-state index contributed by atoms with van der Waals surface area (Å²) in [4.78, 5) is 51.1. The second kappa shape index (κ2) is 9.46. The maximum atomic E-state index is 12.9. The van der Waals surface area contributed by atoms with Crippen molar-refractivity contribution in [2.24, 2.45) is 5.92 Å². The van der Waals surface area contributed by atoms with Crippen LogP contribution in [0, 0.1) is 12.8 Å². The van der Waals surface area contributed by atoms with Crippen molar-refractivity contribution in [3.05, 3.63) is 81.1 Å². The molecule has 35 heavy (non-hydrogen) atoms. The number of fused-ring (bicyclic) bond motifs is 2. The Morgan fingerprint density at radius 2 is 1.60 bits per heavy atom. The molecule has 4 rings (SSSR count). The van der Waals surface area contributed by atoms with Gasteiger partial charge in [-0.15, -0.1) is 0 Å². The molecule has 1 unspecified atom stereocenters. The maximum absolute atomic E-state index is 12.9. The van der Waals surface area contributed by atoms with E-state index in [2.05, 4.69) is 10.4 Å². The average molecular weight is 494 g/mol. The van der Waals surface area contributed by atoms with Crippen molar-refractivity contribution in [2.75, 3.05) is 5.32 Å². The van der Waals surface area contributed by atoms with E-state index < -0.39 is 18.0 Å². The van der Waals surface area contributed by atoms with E-state index in [0.29, 0.717) is 29.1 Å². The molecule has 0 fully saturated rings. The highest BCUT2D eigenvalue weighted by Gasteiger charge is 2.30. The Balaban J connectivity index is 1.48. The van der Waals surface area contributed by atoms with Crippen LogP contribution in [0.2, 0.25) is 5.15 Å². The van der Waals surface area contributed by atoms with Crippen LogP contribution in [-0.4, -0.2) is 39.3 Å². The Labute approximate surface area is 207 Å². The van der Waals surface area contributed by atoms with Crippen molar-refractivity contribution < 1.29 is 23.9 Å². The molecule has 9 heteroatoms. The number of amides is 1. The number of hydrogen-bond donors (Lipinski definition) is 1. The summed E-state index contributed by atoms with van der Waals surface area (Å²) in [5.74, 6) is -1.63. The first-order chi connectivity index (χ1) is 16.6. The van der Waals surface area contributed by atoms with Gasteiger partial charge in [0.25, 0.3) is 5.91 Å². The van der Waals surface area contributed by atoms with Gasteiger partial charge in [-0.3, -0.25) is 19.1 Å². The van der Waals surface area contributed by atoms with Crippen LogP contribution in [0.4, 0.5) is 5.69 Å². The molecular weight excluding hydrogens is 470 g/mol. The minimum absolute atomic E-state index is 0.114. The van der Waals surface area contributed by atoms with Gasteiger partial charge in [-0.05, 0) is 38.0 Å². The van der Waals surface area contributed by atoms with Crippen molar-refractivity contribution in [1.29, 1.82) is 0 Å². The van der Waals surface area contributed by atoms with E-state index in [-0.39, 0.29) is 39.3 Å². The van der Waals surface area contributed by atoms with Crippen LogP contribution in [0.15, 0.2) is 42.5 Å². The molecular formula is C26H24ClN3O5. The average Bonchev–Trinajstić information content (AvgIpc) is 3.09. The first-order valence-electron chi connectivity index (χ1n) is 11.2. The number of aryl methyl sites for hydroxylation is 1. The van der Waals surface area contributed by atoms with Gasteiger partial charge in [0.15, 0.2) is 17.7 Å². The van der Waals surface area contributed by atoms with Crippen molar-refractivity contribution in [2.45, 2.75) is 40.3 Å². The number of anilines is 1. The number of aromatic nitrogens is 2. The van der Waals surface area contributed by atoms with Crippen LogP contribution in [0.25, 0.3) is 0 Å². The second-order valence-electron chi connectivity index (χ2n) is 8.83. The van der Waals surface area contributed by atoms with E-state index in [9.17, 15) is 19.2 Å². The van der Waals surface area contributed by atoms with E-state index >= 15 is 0 Å². The molecule has 8 nitrogen and oxygen atoms in total. The Morgan fingerprint density at radius 1 is 1.00 bits per heavy atom. The number of rotatable bonds is 6. The molecule has 3 aromatic rings. The zero-order valence-corrected chi connectivity index (χ0v) is 20.5. The number of nitrogens with one attached hydrogen (secondary N) is 1. The van der Waals surface area contributed by atoms with Crippen LogP contribution < -0.4 is 5.32 Å². The van der Waals surface area contributed by atoms with E-state index in [1.54, 1.807) is 31.2 Å². The number of ether oxygens (including phenoxy) is 1. The zero-order chi connectivity index (χ0) is 25.4. The summed E-state index contributed by atoms with van der Waals surface area (Å²) in [6.07, 6.45) is -1.15. The van der Waals surface area contributed by atoms with Crippen molar-refractivity contribution >= 4 is 40.7 Å². The lowest BCUT2D eigenvalue weighted by atomic mass is 9.84. The highest BCUT2D eigenvalue weighted by molar-refractivity contribution is 6.33. The van der Waals surface area contributed by atoms with E-state index in [4.69, 9.17) is 16.3 Å². The summed E-state index contributed by atoms with van der Waals surface area (Å²) >= 11 is 6.33. The lowest BCUT2D eigenvalue weighted by molar-refractivity contribution is -0.123. The molecule has 0 saturated heterocycles. The van der Waals surface area contributed by atoms with Gasteiger partial charge in [0.2, 0.25) is 0 Å². The van der Waals surface area contributed by atoms with Crippen LogP contribution in [0.5, 0.6) is 0 Å². The van der Waals surface area contributed by atoms with Crippen LogP contribution in [0.1, 0.15) is 68.7 Å². The topological polar surface area (TPSA) is 107 Å². The van der Waals surface area contributed by atoms with Gasteiger partial charge in [0, 0.05) is 34.5 Å². The highest BCUT2D eigenvalue weighted by atomic mass is 35.5. The second-order valence-corrected chi connectivity index (χ2v) is 9.19. The summed E-state index contributed by atoms with van der Waals surface area (Å²) in [7, 11) is 0. The first kappa shape index (κ1) is 24.3. The van der Waals surface area contributed by atoms with Gasteiger partial charge in [-0.2, -0.15) is 5.10 Å². The number of carbonyl (C=O) groups excluding carboxylic acids is 4. The third-order valence-electron chi connectivity index (χ3n) is 5.65. The third kappa shape index (κ3) is 4.61. The highest BCUT2D eigenvalue weighted by Crippen LogP contribution is 2.29. The quantitative estimate of drug-likeness (QED) is 0.397. The standard InChI is InChI=1S/C26H24ClN3O5/c1-13(2)12-30-24(27)21(14(3)29-30)26(34)35-15(4)25(33)28-16-9-10-19-20(11-16)23(32)18-8-6-5-7-17(18)22(19)31/h5-11,13,15H,12H2,1-4H3,(H,28,33). The fourth-order valence-electron chi connectivity index (χ4n) is 3.95. The summed E-state index contributed by atoms with van der Waals surface area (Å²) in [6.45, 7) is 7.61. The van der Waals surface area contributed by atoms with Crippen molar-refractivity contribution in [3.8, 4) is 0 Å². The number of esters is 1. The van der Waals surface area contributed by atoms with E-state index in [1.807, 2.05) is 13.8 Å². The smallest absolute Gasteiger partial charge is 0.343 e. The molecule has 0 spiro atoms. The molecule has 1 N–H and O–H groups in total. The van der Waals surface area contributed by atoms with E-state index in [1.165, 1.54) is 29.8 Å². The minimum atomic E-state index is -1.15. The van der Waals surface area contributed by atoms with Crippen molar-refractivity contribution in [3.63, 3.8) is 0 Å². The molecule has 2 aromatic carbocycles. The largest absolute Gasteiger partial charge is 0.449 e. The predicted molar refractivity (Wildman–Crippen MR) is 130 cm³/mol. The number of halogens is 1. The molecule has 1 amide bonds. The van der Waals surface area contributed by atoms with Crippen LogP contribution >= 0.6 is 11.6 Å². The SMILES string of the molecule is Cc1nn(CC(C)C)c(Cl)c1C(=O)OC(C)C(=O)Nc1ccc2c(c1)C(=O)c1ccccc1C2=O. The fraction of sp³-hybridized carbons (Fsp3) is 0.269. The number of hydrogen-bond acceptors (Lipinski definition) is 6. The summed E-state index contributed by atoms with van der Waals surface area (Å²) in [5.41, 5.74) is 1.98. The van der Waals surface area contributed by atoms with Gasteiger partial charge in [-0.1, -0.05) is 49.7 Å². The Bertz CT molecular complexity index is 1380. The first-order valence-corrected chi connectivity index (χ1v) is 11.5. The lowest BCUT2D eigenvalue weighted by Crippen LogP contribution is -2.30. The third-order valence-corrected chi connectivity index (χ3v) is 6.04. The molecule has 1 aliphatic rings. The summed E-state index contributed by atoms with van der Waals surface area (Å²) < 4.78 is 6.87. The summed E-state index contributed by atoms with van der Waals surface area (Å²) in [6, 6.07) is 11.1. The fourth-order valence-corrected chi connectivity index (χ4v) is 4.27. The molecule has 0 bridgehead atoms. The van der Waals surface area contributed by atoms with Crippen LogP contribution in [0.3, 0.4) is 0 Å². The molecule has 0 saturated carbocycles. The normalized spacial score (nSPS) is 13.3. The Kier molecular flexibility index (Phi) is 6.58. The number of benzene rings is 2. The van der Waals surface area contributed by atoms with E-state index in [0.717, 1.165) is 0 Å². The molecule has 1 aliphatic carbocycles. The Morgan fingerprint density at radius 3 is 2.23 bits per heavy atom. The maximum Gasteiger partial charge on any atom is 0.343 e. The van der Waals surface area contributed by atoms with Gasteiger partial charge >= 0.3 is 5.97 Å². The van der Waals surface area contributed by atoms with Gasteiger partial charge < -0.3 is 10.1 Å². The monoisotopic (exact) mass is 493 g/mol. The molecule has 1 atom stereocenters. The number of carbonyl (C=O) groups is 4. The predicted octanol–water partition coefficient (Wildman–Crippen LogP) is 4.46. The van der Waals surface area contributed by atoms with Gasteiger partial charge in [0.05, 0.1) is 5.69 Å². The van der Waals surface area contributed by atoms with Gasteiger partial charge in [0.1, 0.15) is 10.7 Å².